The summed E-state index contributed by atoms with van der Waals surface area (Å²) in [6.07, 6.45) is 0.930. The van der Waals surface area contributed by atoms with Gasteiger partial charge in [-0.2, -0.15) is 0 Å². The summed E-state index contributed by atoms with van der Waals surface area (Å²) in [6, 6.07) is 29.9. The molecule has 0 heterocycles. The minimum absolute atomic E-state index is 0.00306. The number of nitrogens with zero attached hydrogens (tertiary/aromatic N) is 2. The monoisotopic (exact) mass is 647 g/mol. The smallest absolute Gasteiger partial charge is 0.264 e. The molecule has 8 nitrogen and oxygen atoms in total. The number of rotatable bonds is 14. The van der Waals surface area contributed by atoms with E-state index in [9.17, 15) is 18.0 Å². The van der Waals surface area contributed by atoms with Gasteiger partial charge in [0, 0.05) is 24.0 Å². The number of carbonyl (C=O) groups is 2. The summed E-state index contributed by atoms with van der Waals surface area (Å²) < 4.78 is 34.5. The number of ether oxygens (including phenoxy) is 1. The maximum Gasteiger partial charge on any atom is 0.264 e. The summed E-state index contributed by atoms with van der Waals surface area (Å²) in [5.41, 5.74) is 1.87. The summed E-state index contributed by atoms with van der Waals surface area (Å²) >= 11 is 6.30. The molecular weight excluding hydrogens is 610 g/mol. The van der Waals surface area contributed by atoms with Crippen molar-refractivity contribution in [1.82, 2.24) is 10.2 Å². The van der Waals surface area contributed by atoms with Crippen LogP contribution < -0.4 is 14.4 Å². The molecule has 0 aliphatic heterocycles. The zero-order valence-corrected chi connectivity index (χ0v) is 27.2. The van der Waals surface area contributed by atoms with Crippen LogP contribution in [0.5, 0.6) is 5.75 Å². The molecule has 0 bridgehead atoms. The lowest BCUT2D eigenvalue weighted by atomic mass is 10.0. The molecule has 0 aliphatic rings. The Hall–Kier alpha value is -4.34. The molecule has 10 heteroatoms. The standard InChI is InChI=1S/C35H38ClN3O5S/c1-4-26(2)37-35(41)33(23-27-12-7-5-8-13-27)38(24-28-14-11-15-29(36)22-28)34(40)25-39(30-16-9-6-10-17-30)45(42,43)32-20-18-31(44-3)19-21-32/h5-22,26,33H,4,23-25H2,1-3H3,(H,37,41)/t26-,33-/m1/s1. The molecule has 4 aromatic carbocycles. The molecule has 0 spiro atoms. The van der Waals surface area contributed by atoms with E-state index in [-0.39, 0.29) is 29.8 Å². The van der Waals surface area contributed by atoms with Gasteiger partial charge >= 0.3 is 0 Å². The predicted octanol–water partition coefficient (Wildman–Crippen LogP) is 6.10. The highest BCUT2D eigenvalue weighted by Crippen LogP contribution is 2.26. The van der Waals surface area contributed by atoms with Gasteiger partial charge in [-0.3, -0.25) is 13.9 Å². The van der Waals surface area contributed by atoms with E-state index in [1.165, 1.54) is 24.1 Å². The number of para-hydroxylation sites is 1. The van der Waals surface area contributed by atoms with E-state index in [1.807, 2.05) is 50.2 Å². The van der Waals surface area contributed by atoms with Gasteiger partial charge in [0.2, 0.25) is 11.8 Å². The van der Waals surface area contributed by atoms with Crippen molar-refractivity contribution >= 4 is 39.1 Å². The van der Waals surface area contributed by atoms with Gasteiger partial charge in [-0.05, 0) is 73.0 Å². The van der Waals surface area contributed by atoms with E-state index >= 15 is 0 Å². The summed E-state index contributed by atoms with van der Waals surface area (Å²) in [7, 11) is -2.71. The second kappa shape index (κ2) is 15.6. The van der Waals surface area contributed by atoms with Gasteiger partial charge in [0.05, 0.1) is 17.7 Å². The molecule has 0 saturated carbocycles. The molecule has 2 amide bonds. The maximum atomic E-state index is 14.5. The van der Waals surface area contributed by atoms with E-state index < -0.39 is 28.5 Å². The van der Waals surface area contributed by atoms with Crippen LogP contribution in [0.3, 0.4) is 0 Å². The molecule has 1 N–H and O–H groups in total. The van der Waals surface area contributed by atoms with Crippen LogP contribution in [-0.4, -0.2) is 50.9 Å². The maximum absolute atomic E-state index is 14.5. The number of benzene rings is 4. The first-order valence-corrected chi connectivity index (χ1v) is 16.5. The highest BCUT2D eigenvalue weighted by Gasteiger charge is 2.35. The second-order valence-electron chi connectivity index (χ2n) is 10.7. The number of carbonyl (C=O) groups excluding carboxylic acids is 2. The Morgan fingerprint density at radius 2 is 1.49 bits per heavy atom. The van der Waals surface area contributed by atoms with E-state index in [0.29, 0.717) is 28.4 Å². The Kier molecular flexibility index (Phi) is 11.6. The largest absolute Gasteiger partial charge is 0.497 e. The van der Waals surface area contributed by atoms with E-state index in [4.69, 9.17) is 16.3 Å². The first-order chi connectivity index (χ1) is 21.6. The van der Waals surface area contributed by atoms with Crippen LogP contribution in [0.25, 0.3) is 0 Å². The Balaban J connectivity index is 1.79. The Morgan fingerprint density at radius 3 is 2.09 bits per heavy atom. The Bertz CT molecular complexity index is 1670. The van der Waals surface area contributed by atoms with Gasteiger partial charge in [0.25, 0.3) is 10.0 Å². The zero-order valence-electron chi connectivity index (χ0n) is 25.6. The molecule has 4 rings (SSSR count). The van der Waals surface area contributed by atoms with Crippen molar-refractivity contribution in [2.75, 3.05) is 18.0 Å². The minimum atomic E-state index is -4.21. The van der Waals surface area contributed by atoms with Crippen molar-refractivity contribution in [3.63, 3.8) is 0 Å². The molecule has 2 atom stereocenters. The fourth-order valence-corrected chi connectivity index (χ4v) is 6.45. The number of hydrogen-bond donors (Lipinski definition) is 1. The highest BCUT2D eigenvalue weighted by atomic mass is 35.5. The topological polar surface area (TPSA) is 96.0 Å². The Morgan fingerprint density at radius 1 is 0.867 bits per heavy atom. The van der Waals surface area contributed by atoms with E-state index in [1.54, 1.807) is 60.7 Å². The molecule has 236 valence electrons. The van der Waals surface area contributed by atoms with Gasteiger partial charge in [0.1, 0.15) is 18.3 Å². The average Bonchev–Trinajstić information content (AvgIpc) is 3.05. The first-order valence-electron chi connectivity index (χ1n) is 14.7. The third-order valence-electron chi connectivity index (χ3n) is 7.48. The molecule has 0 aromatic heterocycles. The number of methoxy groups -OCH3 is 1. The second-order valence-corrected chi connectivity index (χ2v) is 13.0. The van der Waals surface area contributed by atoms with Gasteiger partial charge in [-0.15, -0.1) is 0 Å². The van der Waals surface area contributed by atoms with Crippen LogP contribution in [0.4, 0.5) is 5.69 Å². The summed E-state index contributed by atoms with van der Waals surface area (Å²) in [5.74, 6) is -0.371. The van der Waals surface area contributed by atoms with Crippen molar-refractivity contribution in [2.45, 2.75) is 50.2 Å². The van der Waals surface area contributed by atoms with Crippen molar-refractivity contribution in [3.8, 4) is 5.75 Å². The average molecular weight is 648 g/mol. The number of hydrogen-bond acceptors (Lipinski definition) is 5. The quantitative estimate of drug-likeness (QED) is 0.179. The van der Waals surface area contributed by atoms with Crippen molar-refractivity contribution in [2.24, 2.45) is 0 Å². The van der Waals surface area contributed by atoms with Crippen LogP contribution in [0.15, 0.2) is 114 Å². The molecule has 0 radical (unpaired) electrons. The third-order valence-corrected chi connectivity index (χ3v) is 9.51. The van der Waals surface area contributed by atoms with Gasteiger partial charge < -0.3 is 15.0 Å². The Labute approximate surface area is 270 Å². The number of amides is 2. The fourth-order valence-electron chi connectivity index (χ4n) is 4.82. The third kappa shape index (κ3) is 8.86. The summed E-state index contributed by atoms with van der Waals surface area (Å²) in [5, 5.41) is 3.51. The molecule has 0 aliphatic carbocycles. The lowest BCUT2D eigenvalue weighted by Crippen LogP contribution is -2.54. The van der Waals surface area contributed by atoms with Crippen molar-refractivity contribution < 1.29 is 22.7 Å². The highest BCUT2D eigenvalue weighted by molar-refractivity contribution is 7.92. The van der Waals surface area contributed by atoms with Crippen molar-refractivity contribution in [1.29, 1.82) is 0 Å². The van der Waals surface area contributed by atoms with Gasteiger partial charge in [-0.25, -0.2) is 8.42 Å². The molecular formula is C35H38ClN3O5S. The molecule has 4 aromatic rings. The molecule has 45 heavy (non-hydrogen) atoms. The van der Waals surface area contributed by atoms with Crippen LogP contribution >= 0.6 is 11.6 Å². The van der Waals surface area contributed by atoms with Crippen LogP contribution in [0, 0.1) is 0 Å². The van der Waals surface area contributed by atoms with Crippen LogP contribution in [0.2, 0.25) is 5.02 Å². The van der Waals surface area contributed by atoms with Gasteiger partial charge in [-0.1, -0.05) is 79.2 Å². The number of sulfonamides is 1. The number of nitrogens with one attached hydrogen (secondary N) is 1. The zero-order chi connectivity index (χ0) is 32.4. The molecule has 0 fully saturated rings. The summed E-state index contributed by atoms with van der Waals surface area (Å²) in [4.78, 5) is 29.8. The minimum Gasteiger partial charge on any atom is -0.497 e. The van der Waals surface area contributed by atoms with Gasteiger partial charge in [0.15, 0.2) is 0 Å². The predicted molar refractivity (Wildman–Crippen MR) is 178 cm³/mol. The van der Waals surface area contributed by atoms with Crippen LogP contribution in [0.1, 0.15) is 31.4 Å². The van der Waals surface area contributed by atoms with Crippen LogP contribution in [-0.2, 0) is 32.6 Å². The van der Waals surface area contributed by atoms with Crippen molar-refractivity contribution in [3.05, 3.63) is 125 Å². The number of halogens is 1. The van der Waals surface area contributed by atoms with E-state index in [2.05, 4.69) is 5.32 Å². The molecule has 0 saturated heterocycles. The fraction of sp³-hybridized carbons (Fsp3) is 0.257. The SMILES string of the molecule is CC[C@@H](C)NC(=O)[C@@H](Cc1ccccc1)N(Cc1cccc(Cl)c1)C(=O)CN(c1ccccc1)S(=O)(=O)c1ccc(OC)cc1. The number of anilines is 1. The molecule has 0 unspecified atom stereocenters. The first kappa shape index (κ1) is 33.6. The lowest BCUT2D eigenvalue weighted by Gasteiger charge is -2.34. The van der Waals surface area contributed by atoms with E-state index in [0.717, 1.165) is 9.87 Å². The lowest BCUT2D eigenvalue weighted by molar-refractivity contribution is -0.140. The summed E-state index contributed by atoms with van der Waals surface area (Å²) in [6.45, 7) is 3.36. The normalized spacial score (nSPS) is 12.5.